The first-order valence-electron chi connectivity index (χ1n) is 9.51. The van der Waals surface area contributed by atoms with Crippen LogP contribution in [-0.4, -0.2) is 46.1 Å². The Morgan fingerprint density at radius 1 is 1.10 bits per heavy atom. The minimum Gasteiger partial charge on any atom is -0.508 e. The van der Waals surface area contributed by atoms with E-state index in [2.05, 4.69) is 0 Å². The van der Waals surface area contributed by atoms with Crippen LogP contribution in [0.3, 0.4) is 0 Å². The molecule has 2 unspecified atom stereocenters. The molecule has 1 amide bonds. The van der Waals surface area contributed by atoms with E-state index in [0.717, 1.165) is 12.8 Å². The smallest absolute Gasteiger partial charge is 0.295 e. The van der Waals surface area contributed by atoms with Gasteiger partial charge in [-0.1, -0.05) is 35.3 Å². The van der Waals surface area contributed by atoms with E-state index in [9.17, 15) is 19.8 Å². The van der Waals surface area contributed by atoms with E-state index in [1.54, 1.807) is 12.1 Å². The number of Topliss-reactive ketones (excluding diaryl/α,β-unsaturated/α-hetero) is 1. The number of hydrogen-bond acceptors (Lipinski definition) is 5. The third-order valence-electron chi connectivity index (χ3n) is 5.37. The highest BCUT2D eigenvalue weighted by molar-refractivity contribution is 6.46. The Morgan fingerprint density at radius 2 is 1.83 bits per heavy atom. The molecule has 156 valence electrons. The lowest BCUT2D eigenvalue weighted by Gasteiger charge is -2.27. The van der Waals surface area contributed by atoms with Gasteiger partial charge in [0.15, 0.2) is 0 Å². The van der Waals surface area contributed by atoms with Gasteiger partial charge in [-0.25, -0.2) is 0 Å². The van der Waals surface area contributed by atoms with Crippen LogP contribution in [0, 0.1) is 0 Å². The number of phenolic OH excluding ortho intramolecular Hbond substituents is 1. The molecule has 0 saturated carbocycles. The van der Waals surface area contributed by atoms with Crippen molar-refractivity contribution in [2.45, 2.75) is 25.0 Å². The zero-order valence-electron chi connectivity index (χ0n) is 15.8. The SMILES string of the molecule is O=C1C(=O)N(CC2CCCO2)C(c2ccc(O)cc2)/C1=C(/O)c1ccc(Cl)c(Cl)c1. The molecule has 2 aromatic rings. The van der Waals surface area contributed by atoms with Gasteiger partial charge < -0.3 is 19.8 Å². The monoisotopic (exact) mass is 447 g/mol. The maximum atomic E-state index is 12.9. The average molecular weight is 448 g/mol. The molecule has 0 radical (unpaired) electrons. The van der Waals surface area contributed by atoms with Gasteiger partial charge in [0.2, 0.25) is 0 Å². The number of carbonyl (C=O) groups excluding carboxylic acids is 2. The zero-order valence-corrected chi connectivity index (χ0v) is 17.4. The van der Waals surface area contributed by atoms with Crippen LogP contribution in [0.2, 0.25) is 10.0 Å². The number of carbonyl (C=O) groups is 2. The van der Waals surface area contributed by atoms with Crippen LogP contribution in [0.25, 0.3) is 5.76 Å². The van der Waals surface area contributed by atoms with E-state index in [1.807, 2.05) is 0 Å². The van der Waals surface area contributed by atoms with Crippen molar-refractivity contribution in [3.05, 3.63) is 69.2 Å². The fourth-order valence-electron chi connectivity index (χ4n) is 3.88. The number of hydrogen-bond donors (Lipinski definition) is 2. The van der Waals surface area contributed by atoms with Crippen molar-refractivity contribution in [2.24, 2.45) is 0 Å². The Morgan fingerprint density at radius 3 is 2.47 bits per heavy atom. The average Bonchev–Trinajstić information content (AvgIpc) is 3.33. The fourth-order valence-corrected chi connectivity index (χ4v) is 4.18. The Hall–Kier alpha value is -2.54. The van der Waals surface area contributed by atoms with E-state index in [4.69, 9.17) is 27.9 Å². The summed E-state index contributed by atoms with van der Waals surface area (Å²) in [6.45, 7) is 0.843. The van der Waals surface area contributed by atoms with Gasteiger partial charge in [0.05, 0.1) is 27.8 Å². The van der Waals surface area contributed by atoms with Gasteiger partial charge in [-0.05, 0) is 48.7 Å². The summed E-state index contributed by atoms with van der Waals surface area (Å²) in [6.07, 6.45) is 1.51. The minimum absolute atomic E-state index is 0.0397. The quantitative estimate of drug-likeness (QED) is 0.414. The summed E-state index contributed by atoms with van der Waals surface area (Å²) < 4.78 is 5.66. The molecule has 2 fully saturated rings. The molecule has 6 nitrogen and oxygen atoms in total. The molecule has 2 N–H and O–H groups in total. The standard InChI is InChI=1S/C22H19Cl2NO5/c23-16-8-5-13(10-17(16)24)20(27)18-19(12-3-6-14(26)7-4-12)25(22(29)21(18)28)11-15-2-1-9-30-15/h3-8,10,15,19,26-27H,1-2,9,11H2/b20-18-. The van der Waals surface area contributed by atoms with Crippen LogP contribution < -0.4 is 0 Å². The van der Waals surface area contributed by atoms with Crippen LogP contribution in [0.4, 0.5) is 0 Å². The first-order chi connectivity index (χ1) is 14.4. The summed E-state index contributed by atoms with van der Waals surface area (Å²) in [6, 6.07) is 9.86. The van der Waals surface area contributed by atoms with Gasteiger partial charge >= 0.3 is 0 Å². The molecule has 2 aromatic carbocycles. The first-order valence-corrected chi connectivity index (χ1v) is 10.3. The summed E-state index contributed by atoms with van der Waals surface area (Å²) in [5.41, 5.74) is 0.831. The van der Waals surface area contributed by atoms with E-state index >= 15 is 0 Å². The van der Waals surface area contributed by atoms with Crippen LogP contribution in [-0.2, 0) is 14.3 Å². The largest absolute Gasteiger partial charge is 0.508 e. The highest BCUT2D eigenvalue weighted by Gasteiger charge is 2.47. The molecular formula is C22H19Cl2NO5. The van der Waals surface area contributed by atoms with Crippen molar-refractivity contribution in [1.82, 2.24) is 4.90 Å². The van der Waals surface area contributed by atoms with E-state index in [0.29, 0.717) is 17.2 Å². The maximum Gasteiger partial charge on any atom is 0.295 e. The number of ether oxygens (including phenoxy) is 1. The predicted octanol–water partition coefficient (Wildman–Crippen LogP) is 4.30. The number of phenols is 1. The number of benzene rings is 2. The second-order valence-electron chi connectivity index (χ2n) is 7.31. The molecule has 8 heteroatoms. The minimum atomic E-state index is -0.816. The summed E-state index contributed by atoms with van der Waals surface area (Å²) in [5.74, 6) is -1.76. The molecule has 2 aliphatic heterocycles. The highest BCUT2D eigenvalue weighted by atomic mass is 35.5. The number of likely N-dealkylation sites (tertiary alicyclic amines) is 1. The Kier molecular flexibility index (Phi) is 5.73. The van der Waals surface area contributed by atoms with Gasteiger partial charge in [0.1, 0.15) is 11.5 Å². The lowest BCUT2D eigenvalue weighted by atomic mass is 9.95. The number of nitrogens with zero attached hydrogens (tertiary/aromatic N) is 1. The third-order valence-corrected chi connectivity index (χ3v) is 6.11. The van der Waals surface area contributed by atoms with Crippen LogP contribution in [0.15, 0.2) is 48.0 Å². The molecule has 2 saturated heterocycles. The molecule has 2 aliphatic rings. The normalized spacial score (nSPS) is 23.3. The summed E-state index contributed by atoms with van der Waals surface area (Å²) in [5, 5.41) is 21.2. The number of halogens is 2. The lowest BCUT2D eigenvalue weighted by Crippen LogP contribution is -2.36. The molecule has 30 heavy (non-hydrogen) atoms. The molecule has 0 spiro atoms. The molecule has 0 aromatic heterocycles. The Bertz CT molecular complexity index is 1030. The number of aliphatic hydroxyl groups is 1. The van der Waals surface area contributed by atoms with Gasteiger partial charge in [0.25, 0.3) is 11.7 Å². The zero-order chi connectivity index (χ0) is 21.4. The first kappa shape index (κ1) is 20.7. The second-order valence-corrected chi connectivity index (χ2v) is 8.12. The highest BCUT2D eigenvalue weighted by Crippen LogP contribution is 2.41. The van der Waals surface area contributed by atoms with Crippen molar-refractivity contribution in [1.29, 1.82) is 0 Å². The van der Waals surface area contributed by atoms with Gasteiger partial charge in [-0.2, -0.15) is 0 Å². The number of aromatic hydroxyl groups is 1. The molecule has 4 rings (SSSR count). The van der Waals surface area contributed by atoms with Crippen molar-refractivity contribution >= 4 is 40.7 Å². The summed E-state index contributed by atoms with van der Waals surface area (Å²) >= 11 is 12.0. The van der Waals surface area contributed by atoms with Crippen molar-refractivity contribution < 1.29 is 24.5 Å². The maximum absolute atomic E-state index is 12.9. The van der Waals surface area contributed by atoms with E-state index in [-0.39, 0.29) is 40.3 Å². The third kappa shape index (κ3) is 3.78. The fraction of sp³-hybridized carbons (Fsp3) is 0.273. The Labute approximate surface area is 183 Å². The topological polar surface area (TPSA) is 87.1 Å². The van der Waals surface area contributed by atoms with Crippen molar-refractivity contribution in [2.75, 3.05) is 13.2 Å². The van der Waals surface area contributed by atoms with Gasteiger partial charge in [-0.3, -0.25) is 9.59 Å². The van der Waals surface area contributed by atoms with Crippen LogP contribution in [0.5, 0.6) is 5.75 Å². The Balaban J connectivity index is 1.83. The predicted molar refractivity (Wildman–Crippen MR) is 113 cm³/mol. The van der Waals surface area contributed by atoms with Crippen molar-refractivity contribution in [3.8, 4) is 5.75 Å². The molecule has 2 atom stereocenters. The molecule has 2 heterocycles. The number of aliphatic hydroxyl groups excluding tert-OH is 1. The summed E-state index contributed by atoms with van der Waals surface area (Å²) in [7, 11) is 0. The number of rotatable bonds is 4. The van der Waals surface area contributed by atoms with Gasteiger partial charge in [0, 0.05) is 18.7 Å². The summed E-state index contributed by atoms with van der Waals surface area (Å²) in [4.78, 5) is 27.3. The van der Waals surface area contributed by atoms with E-state index in [1.165, 1.54) is 35.2 Å². The van der Waals surface area contributed by atoms with Crippen molar-refractivity contribution in [3.63, 3.8) is 0 Å². The molecule has 0 aliphatic carbocycles. The number of ketones is 1. The molecule has 0 bridgehead atoms. The van der Waals surface area contributed by atoms with Gasteiger partial charge in [-0.15, -0.1) is 0 Å². The number of amides is 1. The molecular weight excluding hydrogens is 429 g/mol. The van der Waals surface area contributed by atoms with E-state index < -0.39 is 17.7 Å². The van der Waals surface area contributed by atoms with Crippen LogP contribution in [0.1, 0.15) is 30.0 Å². The second kappa shape index (κ2) is 8.30. The van der Waals surface area contributed by atoms with Crippen LogP contribution >= 0.6 is 23.2 Å². The lowest BCUT2D eigenvalue weighted by molar-refractivity contribution is -0.140.